The molecular weight excluding hydrogens is 366 g/mol. The molecule has 0 N–H and O–H groups in total. The second-order valence-corrected chi connectivity index (χ2v) is 7.61. The molecule has 0 aliphatic carbocycles. The summed E-state index contributed by atoms with van der Waals surface area (Å²) in [5.41, 5.74) is 3.26. The van der Waals surface area contributed by atoms with Gasteiger partial charge in [0.25, 0.3) is 11.8 Å². The maximum atomic E-state index is 12.7. The van der Waals surface area contributed by atoms with Crippen molar-refractivity contribution in [3.8, 4) is 0 Å². The molecule has 3 amide bonds. The van der Waals surface area contributed by atoms with E-state index in [1.54, 1.807) is 24.3 Å². The lowest BCUT2D eigenvalue weighted by atomic mass is 10.1. The highest BCUT2D eigenvalue weighted by atomic mass is 16.2. The van der Waals surface area contributed by atoms with E-state index in [1.165, 1.54) is 16.2 Å². The lowest BCUT2D eigenvalue weighted by Gasteiger charge is -2.24. The Kier molecular flexibility index (Phi) is 5.34. The van der Waals surface area contributed by atoms with E-state index < -0.39 is 0 Å². The number of hydrogen-bond acceptors (Lipinski definition) is 4. The summed E-state index contributed by atoms with van der Waals surface area (Å²) in [7, 11) is 0. The number of fused-ring (bicyclic) bond motifs is 1. The Morgan fingerprint density at radius 3 is 2.17 bits per heavy atom. The van der Waals surface area contributed by atoms with E-state index in [9.17, 15) is 14.4 Å². The van der Waals surface area contributed by atoms with Crippen molar-refractivity contribution in [1.82, 2.24) is 9.80 Å². The molecule has 2 aromatic rings. The van der Waals surface area contributed by atoms with Crippen molar-refractivity contribution in [1.29, 1.82) is 0 Å². The Morgan fingerprint density at radius 2 is 1.52 bits per heavy atom. The van der Waals surface area contributed by atoms with Crippen LogP contribution < -0.4 is 4.90 Å². The van der Waals surface area contributed by atoms with Gasteiger partial charge < -0.3 is 9.80 Å². The lowest BCUT2D eigenvalue weighted by molar-refractivity contribution is -0.131. The number of aryl methyl sites for hydroxylation is 1. The van der Waals surface area contributed by atoms with Gasteiger partial charge in [0.2, 0.25) is 5.91 Å². The number of amides is 3. The van der Waals surface area contributed by atoms with E-state index in [0.717, 1.165) is 19.5 Å². The molecule has 29 heavy (non-hydrogen) atoms. The fraction of sp³-hybridized carbons (Fsp3) is 0.348. The van der Waals surface area contributed by atoms with Crippen molar-refractivity contribution in [2.45, 2.75) is 19.8 Å². The quantitative estimate of drug-likeness (QED) is 0.752. The highest BCUT2D eigenvalue weighted by molar-refractivity contribution is 6.21. The van der Waals surface area contributed by atoms with Crippen molar-refractivity contribution in [2.75, 3.05) is 37.6 Å². The van der Waals surface area contributed by atoms with Crippen LogP contribution in [0.5, 0.6) is 0 Å². The third-order valence-corrected chi connectivity index (χ3v) is 5.68. The minimum absolute atomic E-state index is 0.00712. The zero-order valence-corrected chi connectivity index (χ0v) is 16.6. The van der Waals surface area contributed by atoms with E-state index in [4.69, 9.17) is 0 Å². The van der Waals surface area contributed by atoms with E-state index in [2.05, 4.69) is 36.1 Å². The number of rotatable bonds is 4. The Labute approximate surface area is 170 Å². The Hall–Kier alpha value is -3.15. The molecule has 0 bridgehead atoms. The van der Waals surface area contributed by atoms with Gasteiger partial charge in [0.15, 0.2) is 0 Å². The first-order chi connectivity index (χ1) is 14.0. The van der Waals surface area contributed by atoms with Crippen LogP contribution in [0.2, 0.25) is 0 Å². The Balaban J connectivity index is 1.33. The van der Waals surface area contributed by atoms with Gasteiger partial charge in [-0.05, 0) is 37.6 Å². The smallest absolute Gasteiger partial charge is 0.261 e. The molecule has 2 aromatic carbocycles. The van der Waals surface area contributed by atoms with Crippen molar-refractivity contribution in [3.05, 3.63) is 65.2 Å². The van der Waals surface area contributed by atoms with Gasteiger partial charge in [0.05, 0.1) is 11.1 Å². The summed E-state index contributed by atoms with van der Waals surface area (Å²) in [5, 5.41) is 0. The standard InChI is InChI=1S/C23H25N3O3/c1-17-7-9-18(10-8-17)24-12-4-13-25(16-15-24)21(27)11-14-26-22(28)19-5-2-3-6-20(19)23(26)29/h2-3,5-10H,4,11-16H2,1H3. The molecular formula is C23H25N3O3. The van der Waals surface area contributed by atoms with Gasteiger partial charge in [-0.15, -0.1) is 0 Å². The van der Waals surface area contributed by atoms with Crippen molar-refractivity contribution < 1.29 is 14.4 Å². The summed E-state index contributed by atoms with van der Waals surface area (Å²) >= 11 is 0. The van der Waals surface area contributed by atoms with E-state index in [-0.39, 0.29) is 30.7 Å². The van der Waals surface area contributed by atoms with Gasteiger partial charge in [-0.2, -0.15) is 0 Å². The third-order valence-electron chi connectivity index (χ3n) is 5.68. The van der Waals surface area contributed by atoms with Gasteiger partial charge in [-0.1, -0.05) is 29.8 Å². The molecule has 1 saturated heterocycles. The van der Waals surface area contributed by atoms with Crippen LogP contribution in [0.1, 0.15) is 39.1 Å². The van der Waals surface area contributed by atoms with Gasteiger partial charge >= 0.3 is 0 Å². The highest BCUT2D eigenvalue weighted by Crippen LogP contribution is 2.23. The molecule has 2 aliphatic heterocycles. The van der Waals surface area contributed by atoms with Crippen molar-refractivity contribution in [2.24, 2.45) is 0 Å². The summed E-state index contributed by atoms with van der Waals surface area (Å²) in [4.78, 5) is 43.0. The number of nitrogens with zero attached hydrogens (tertiary/aromatic N) is 3. The molecule has 2 heterocycles. The first-order valence-corrected chi connectivity index (χ1v) is 10.1. The molecule has 6 nitrogen and oxygen atoms in total. The van der Waals surface area contributed by atoms with Crippen LogP contribution in [-0.2, 0) is 4.79 Å². The van der Waals surface area contributed by atoms with Crippen molar-refractivity contribution >= 4 is 23.4 Å². The van der Waals surface area contributed by atoms with Crippen LogP contribution in [0.4, 0.5) is 5.69 Å². The molecule has 4 rings (SSSR count). The molecule has 2 aliphatic rings. The maximum Gasteiger partial charge on any atom is 0.261 e. The van der Waals surface area contributed by atoms with Gasteiger partial charge in [0, 0.05) is 44.8 Å². The van der Waals surface area contributed by atoms with Crippen LogP contribution in [0.15, 0.2) is 48.5 Å². The molecule has 0 unspecified atom stereocenters. The molecule has 0 atom stereocenters. The average Bonchev–Trinajstić information content (AvgIpc) is 2.90. The van der Waals surface area contributed by atoms with Crippen molar-refractivity contribution in [3.63, 3.8) is 0 Å². The largest absolute Gasteiger partial charge is 0.370 e. The minimum Gasteiger partial charge on any atom is -0.370 e. The first kappa shape index (κ1) is 19.2. The molecule has 0 spiro atoms. The van der Waals surface area contributed by atoms with E-state index in [1.807, 2.05) is 4.90 Å². The summed E-state index contributed by atoms with van der Waals surface area (Å²) < 4.78 is 0. The van der Waals surface area contributed by atoms with E-state index >= 15 is 0 Å². The highest BCUT2D eigenvalue weighted by Gasteiger charge is 2.35. The molecule has 6 heteroatoms. The number of carbonyl (C=O) groups is 3. The summed E-state index contributed by atoms with van der Waals surface area (Å²) in [6.45, 7) is 5.23. The SMILES string of the molecule is Cc1ccc(N2CCCN(C(=O)CCN3C(=O)c4ccccc4C3=O)CC2)cc1. The van der Waals surface area contributed by atoms with Crippen LogP contribution in [0.25, 0.3) is 0 Å². The Bertz CT molecular complexity index is 904. The predicted molar refractivity (Wildman–Crippen MR) is 111 cm³/mol. The average molecular weight is 391 g/mol. The van der Waals surface area contributed by atoms with Gasteiger partial charge in [0.1, 0.15) is 0 Å². The monoisotopic (exact) mass is 391 g/mol. The number of hydrogen-bond donors (Lipinski definition) is 0. The van der Waals surface area contributed by atoms with E-state index in [0.29, 0.717) is 24.2 Å². The minimum atomic E-state index is -0.306. The topological polar surface area (TPSA) is 60.9 Å². The molecule has 150 valence electrons. The van der Waals surface area contributed by atoms with Gasteiger partial charge in [-0.25, -0.2) is 0 Å². The van der Waals surface area contributed by atoms with Crippen LogP contribution in [0, 0.1) is 6.92 Å². The molecule has 0 saturated carbocycles. The fourth-order valence-electron chi connectivity index (χ4n) is 3.99. The number of imide groups is 1. The summed E-state index contributed by atoms with van der Waals surface area (Å²) in [5.74, 6) is -0.619. The molecule has 0 radical (unpaired) electrons. The maximum absolute atomic E-state index is 12.7. The second-order valence-electron chi connectivity index (χ2n) is 7.61. The number of anilines is 1. The zero-order valence-electron chi connectivity index (χ0n) is 16.6. The number of benzene rings is 2. The molecule has 1 fully saturated rings. The first-order valence-electron chi connectivity index (χ1n) is 10.1. The third kappa shape index (κ3) is 3.88. The molecule has 0 aromatic heterocycles. The van der Waals surface area contributed by atoms with Crippen LogP contribution in [0.3, 0.4) is 0 Å². The van der Waals surface area contributed by atoms with Gasteiger partial charge in [-0.3, -0.25) is 19.3 Å². The summed E-state index contributed by atoms with van der Waals surface area (Å²) in [6, 6.07) is 15.3. The lowest BCUT2D eigenvalue weighted by Crippen LogP contribution is -2.38. The number of carbonyl (C=O) groups excluding carboxylic acids is 3. The van der Waals surface area contributed by atoms with Crippen LogP contribution in [-0.4, -0.2) is 60.2 Å². The Morgan fingerprint density at radius 1 is 0.862 bits per heavy atom. The zero-order chi connectivity index (χ0) is 20.4. The predicted octanol–water partition coefficient (Wildman–Crippen LogP) is 2.72. The van der Waals surface area contributed by atoms with Crippen LogP contribution >= 0.6 is 0 Å². The fourth-order valence-corrected chi connectivity index (χ4v) is 3.99. The summed E-state index contributed by atoms with van der Waals surface area (Å²) in [6.07, 6.45) is 1.06. The second kappa shape index (κ2) is 8.07. The normalized spacial score (nSPS) is 16.8.